The van der Waals surface area contributed by atoms with Crippen LogP contribution >= 0.6 is 0 Å². The number of carbonyl (C=O) groups is 2. The molecule has 0 radical (unpaired) electrons. The second-order valence-electron chi connectivity index (χ2n) is 5.75. The third kappa shape index (κ3) is 1.18. The quantitative estimate of drug-likeness (QED) is 0.405. The molecule has 4 aliphatic rings. The topological polar surface area (TPSA) is 43.4 Å². The molecular weight excluding hydrogens is 240 g/mol. The van der Waals surface area contributed by atoms with Crippen LogP contribution in [0.15, 0.2) is 24.3 Å². The highest BCUT2D eigenvalue weighted by Crippen LogP contribution is 2.56. The standard InChI is InChI=1S/C16H14O3/c1-7-3-4-8(2)12-10-6-5-9(11(7)12)13-14(10)16(18)19-15(13)17/h3-6,9-10,13-14H,1-2H3/t9-,10-,13-,14-/m1/s1. The first-order valence-electron chi connectivity index (χ1n) is 6.63. The van der Waals surface area contributed by atoms with E-state index in [0.29, 0.717) is 0 Å². The Morgan fingerprint density at radius 3 is 1.68 bits per heavy atom. The average molecular weight is 254 g/mol. The van der Waals surface area contributed by atoms with Gasteiger partial charge in [-0.15, -0.1) is 0 Å². The summed E-state index contributed by atoms with van der Waals surface area (Å²) in [6.07, 6.45) is 4.17. The van der Waals surface area contributed by atoms with Gasteiger partial charge >= 0.3 is 11.9 Å². The number of allylic oxidation sites excluding steroid dienone is 2. The van der Waals surface area contributed by atoms with Crippen molar-refractivity contribution in [3.8, 4) is 0 Å². The van der Waals surface area contributed by atoms with Gasteiger partial charge in [0.2, 0.25) is 0 Å². The van der Waals surface area contributed by atoms with E-state index >= 15 is 0 Å². The van der Waals surface area contributed by atoms with Crippen molar-refractivity contribution < 1.29 is 14.3 Å². The molecule has 1 heterocycles. The predicted octanol–water partition coefficient (Wildman–Crippen LogP) is 2.37. The lowest BCUT2D eigenvalue weighted by molar-refractivity contribution is -0.153. The van der Waals surface area contributed by atoms with Crippen LogP contribution in [0.25, 0.3) is 0 Å². The average Bonchev–Trinajstić information content (AvgIpc) is 2.72. The van der Waals surface area contributed by atoms with Gasteiger partial charge in [0.15, 0.2) is 0 Å². The van der Waals surface area contributed by atoms with E-state index in [1.54, 1.807) is 0 Å². The maximum atomic E-state index is 11.9. The molecule has 0 aromatic heterocycles. The summed E-state index contributed by atoms with van der Waals surface area (Å²) in [5.74, 6) is -1.31. The first-order chi connectivity index (χ1) is 9.09. The van der Waals surface area contributed by atoms with E-state index in [-0.39, 0.29) is 35.6 Å². The molecule has 1 fully saturated rings. The lowest BCUT2D eigenvalue weighted by Gasteiger charge is -2.41. The Bertz CT molecular complexity index is 601. The van der Waals surface area contributed by atoms with Crippen molar-refractivity contribution in [3.63, 3.8) is 0 Å². The minimum atomic E-state index is -0.346. The maximum absolute atomic E-state index is 11.9. The SMILES string of the molecule is Cc1ccc(C)c2c1[C@H]1C=C[C@H]2[C@H]2C(=O)OC(=O)[C@@H]21. The Kier molecular flexibility index (Phi) is 1.93. The maximum Gasteiger partial charge on any atom is 0.318 e. The molecule has 19 heavy (non-hydrogen) atoms. The van der Waals surface area contributed by atoms with Crippen molar-refractivity contribution >= 4 is 11.9 Å². The third-order valence-corrected chi connectivity index (χ3v) is 4.82. The Hall–Kier alpha value is -1.90. The van der Waals surface area contributed by atoms with E-state index in [2.05, 4.69) is 38.1 Å². The van der Waals surface area contributed by atoms with Gasteiger partial charge in [0.1, 0.15) is 0 Å². The molecule has 3 nitrogen and oxygen atoms in total. The molecule has 1 aromatic rings. The number of rotatable bonds is 0. The Labute approximate surface area is 111 Å². The van der Waals surface area contributed by atoms with Gasteiger partial charge in [-0.05, 0) is 36.1 Å². The second-order valence-corrected chi connectivity index (χ2v) is 5.75. The van der Waals surface area contributed by atoms with E-state index in [1.807, 2.05) is 0 Å². The second kappa shape index (κ2) is 3.35. The van der Waals surface area contributed by atoms with Crippen LogP contribution in [0.1, 0.15) is 34.1 Å². The first kappa shape index (κ1) is 11.0. The summed E-state index contributed by atoms with van der Waals surface area (Å²) in [5, 5.41) is 0. The normalized spacial score (nSPS) is 34.2. The molecule has 2 bridgehead atoms. The summed E-state index contributed by atoms with van der Waals surface area (Å²) in [6, 6.07) is 4.19. The number of esters is 2. The Morgan fingerprint density at radius 1 is 0.842 bits per heavy atom. The van der Waals surface area contributed by atoms with Crippen molar-refractivity contribution in [2.24, 2.45) is 11.8 Å². The van der Waals surface area contributed by atoms with Crippen LogP contribution in [-0.2, 0) is 14.3 Å². The lowest BCUT2D eigenvalue weighted by atomic mass is 9.59. The van der Waals surface area contributed by atoms with Gasteiger partial charge in [-0.2, -0.15) is 0 Å². The fourth-order valence-corrected chi connectivity index (χ4v) is 4.04. The summed E-state index contributed by atoms with van der Waals surface area (Å²) in [4.78, 5) is 23.9. The molecule has 0 N–H and O–H groups in total. The smallest absolute Gasteiger partial charge is 0.318 e. The van der Waals surface area contributed by atoms with Crippen LogP contribution in [0, 0.1) is 25.7 Å². The largest absolute Gasteiger partial charge is 0.393 e. The van der Waals surface area contributed by atoms with Gasteiger partial charge in [0.25, 0.3) is 0 Å². The molecule has 1 saturated heterocycles. The van der Waals surface area contributed by atoms with Gasteiger partial charge in [0, 0.05) is 11.8 Å². The number of hydrogen-bond donors (Lipinski definition) is 0. The summed E-state index contributed by atoms with van der Waals surface area (Å²) in [5.41, 5.74) is 4.87. The highest BCUT2D eigenvalue weighted by atomic mass is 16.6. The summed E-state index contributed by atoms with van der Waals surface area (Å²) < 4.78 is 4.88. The van der Waals surface area contributed by atoms with E-state index in [4.69, 9.17) is 4.74 Å². The molecule has 0 amide bonds. The fraction of sp³-hybridized carbons (Fsp3) is 0.375. The van der Waals surface area contributed by atoms with Crippen LogP contribution in [-0.4, -0.2) is 11.9 Å². The summed E-state index contributed by atoms with van der Waals surface area (Å²) in [7, 11) is 0. The summed E-state index contributed by atoms with van der Waals surface area (Å²) in [6.45, 7) is 4.15. The zero-order valence-corrected chi connectivity index (χ0v) is 10.8. The molecule has 1 aromatic carbocycles. The number of carbonyl (C=O) groups excluding carboxylic acids is 2. The molecule has 4 atom stereocenters. The van der Waals surface area contributed by atoms with Gasteiger partial charge in [-0.25, -0.2) is 0 Å². The van der Waals surface area contributed by atoms with Crippen molar-refractivity contribution in [3.05, 3.63) is 46.5 Å². The molecule has 5 rings (SSSR count). The molecule has 96 valence electrons. The van der Waals surface area contributed by atoms with Crippen molar-refractivity contribution in [1.29, 1.82) is 0 Å². The van der Waals surface area contributed by atoms with Crippen LogP contribution in [0.4, 0.5) is 0 Å². The van der Waals surface area contributed by atoms with Crippen LogP contribution < -0.4 is 0 Å². The van der Waals surface area contributed by atoms with E-state index in [9.17, 15) is 9.59 Å². The minimum absolute atomic E-state index is 0.00356. The van der Waals surface area contributed by atoms with Crippen LogP contribution in [0.2, 0.25) is 0 Å². The van der Waals surface area contributed by atoms with Gasteiger partial charge in [-0.3, -0.25) is 9.59 Å². The minimum Gasteiger partial charge on any atom is -0.393 e. The van der Waals surface area contributed by atoms with Gasteiger partial charge < -0.3 is 4.74 Å². The zero-order chi connectivity index (χ0) is 13.3. The molecule has 0 saturated carbocycles. The van der Waals surface area contributed by atoms with Crippen molar-refractivity contribution in [2.75, 3.05) is 0 Å². The van der Waals surface area contributed by atoms with Gasteiger partial charge in [0.05, 0.1) is 11.8 Å². The first-order valence-corrected chi connectivity index (χ1v) is 6.63. The number of cyclic esters (lactones) is 2. The molecular formula is C16H14O3. The molecule has 0 spiro atoms. The molecule has 3 aliphatic carbocycles. The van der Waals surface area contributed by atoms with E-state index < -0.39 is 0 Å². The van der Waals surface area contributed by atoms with Crippen molar-refractivity contribution in [1.82, 2.24) is 0 Å². The third-order valence-electron chi connectivity index (χ3n) is 4.82. The molecule has 0 unspecified atom stereocenters. The van der Waals surface area contributed by atoms with Crippen molar-refractivity contribution in [2.45, 2.75) is 25.7 Å². The van der Waals surface area contributed by atoms with E-state index in [1.165, 1.54) is 22.3 Å². The molecule has 3 heteroatoms. The van der Waals surface area contributed by atoms with Crippen LogP contribution in [0.3, 0.4) is 0 Å². The number of aryl methyl sites for hydroxylation is 2. The van der Waals surface area contributed by atoms with Gasteiger partial charge in [-0.1, -0.05) is 24.3 Å². The zero-order valence-electron chi connectivity index (χ0n) is 10.8. The molecule has 1 aliphatic heterocycles. The number of ether oxygens (including phenoxy) is 1. The van der Waals surface area contributed by atoms with E-state index in [0.717, 1.165) is 0 Å². The number of benzene rings is 1. The fourth-order valence-electron chi connectivity index (χ4n) is 4.04. The highest BCUT2D eigenvalue weighted by Gasteiger charge is 2.57. The Balaban J connectivity index is 2.02. The monoisotopic (exact) mass is 254 g/mol. The summed E-state index contributed by atoms with van der Waals surface area (Å²) >= 11 is 0. The number of hydrogen-bond acceptors (Lipinski definition) is 3. The van der Waals surface area contributed by atoms with Crippen LogP contribution in [0.5, 0.6) is 0 Å². The lowest BCUT2D eigenvalue weighted by Crippen LogP contribution is -2.38. The Morgan fingerprint density at radius 2 is 1.26 bits per heavy atom. The predicted molar refractivity (Wildman–Crippen MR) is 68.6 cm³/mol. The highest BCUT2D eigenvalue weighted by molar-refractivity contribution is 5.99.